The highest BCUT2D eigenvalue weighted by Gasteiger charge is 2.33. The monoisotopic (exact) mass is 423 g/mol. The fourth-order valence-corrected chi connectivity index (χ4v) is 5.08. The lowest BCUT2D eigenvalue weighted by molar-refractivity contribution is -0.133. The average molecular weight is 424 g/mol. The Morgan fingerprint density at radius 3 is 2.43 bits per heavy atom. The topological polar surface area (TPSA) is 90.9 Å². The maximum atomic E-state index is 12.5. The quantitative estimate of drug-likeness (QED) is 0.527. The normalized spacial score (nSPS) is 28.8. The van der Waals surface area contributed by atoms with Gasteiger partial charge in [0.1, 0.15) is 6.10 Å². The minimum atomic E-state index is -0.355. The van der Waals surface area contributed by atoms with E-state index in [4.69, 9.17) is 4.74 Å². The second-order valence-electron chi connectivity index (χ2n) is 9.30. The van der Waals surface area contributed by atoms with E-state index in [1.165, 1.54) is 25.7 Å². The third-order valence-electron chi connectivity index (χ3n) is 6.99. The predicted octanol–water partition coefficient (Wildman–Crippen LogP) is 1.97. The summed E-state index contributed by atoms with van der Waals surface area (Å²) in [4.78, 5) is 27.0. The molecule has 3 N–H and O–H groups in total. The van der Waals surface area contributed by atoms with Gasteiger partial charge in [0.2, 0.25) is 11.8 Å². The third kappa shape index (κ3) is 7.50. The fourth-order valence-electron chi connectivity index (χ4n) is 5.08. The molecule has 3 aliphatic rings. The zero-order chi connectivity index (χ0) is 21.2. The van der Waals surface area contributed by atoms with Gasteiger partial charge in [-0.15, -0.1) is 0 Å². The Morgan fingerprint density at radius 2 is 1.70 bits per heavy atom. The molecular weight excluding hydrogens is 382 g/mol. The van der Waals surface area contributed by atoms with Gasteiger partial charge >= 0.3 is 0 Å². The molecule has 3 atom stereocenters. The smallest absolute Gasteiger partial charge is 0.223 e. The van der Waals surface area contributed by atoms with Gasteiger partial charge < -0.3 is 25.4 Å². The standard InChI is InChI=1S/C23H41N3O4/c27-17-21-20(25-23(29)18-7-3-1-4-8-18)10-9-19(30-21)11-13-24-22(28)12-16-26-14-5-2-6-15-26/h18-21,27H,1-17H2,(H,24,28)(H,25,29)/t19-,20+,21+/m0/s1. The molecule has 2 heterocycles. The van der Waals surface area contributed by atoms with E-state index in [2.05, 4.69) is 15.5 Å². The largest absolute Gasteiger partial charge is 0.394 e. The van der Waals surface area contributed by atoms with Crippen LogP contribution in [0.4, 0.5) is 0 Å². The van der Waals surface area contributed by atoms with Crippen molar-refractivity contribution >= 4 is 11.8 Å². The number of carbonyl (C=O) groups is 2. The molecular formula is C23H41N3O4. The summed E-state index contributed by atoms with van der Waals surface area (Å²) in [6, 6.07) is -0.111. The molecule has 0 spiro atoms. The van der Waals surface area contributed by atoms with Gasteiger partial charge in [0.15, 0.2) is 0 Å². The minimum absolute atomic E-state index is 0.0207. The van der Waals surface area contributed by atoms with Crippen molar-refractivity contribution in [2.24, 2.45) is 5.92 Å². The van der Waals surface area contributed by atoms with Crippen LogP contribution in [0.3, 0.4) is 0 Å². The maximum absolute atomic E-state index is 12.5. The van der Waals surface area contributed by atoms with Gasteiger partial charge in [-0.05, 0) is 58.0 Å². The Bertz CT molecular complexity index is 533. The van der Waals surface area contributed by atoms with E-state index >= 15 is 0 Å². The molecule has 0 unspecified atom stereocenters. The molecule has 0 radical (unpaired) electrons. The molecule has 3 fully saturated rings. The van der Waals surface area contributed by atoms with Crippen molar-refractivity contribution in [3.05, 3.63) is 0 Å². The minimum Gasteiger partial charge on any atom is -0.394 e. The van der Waals surface area contributed by atoms with Crippen LogP contribution in [0.2, 0.25) is 0 Å². The number of carbonyl (C=O) groups excluding carboxylic acids is 2. The van der Waals surface area contributed by atoms with E-state index in [1.807, 2.05) is 0 Å². The summed E-state index contributed by atoms with van der Waals surface area (Å²) < 4.78 is 6.05. The summed E-state index contributed by atoms with van der Waals surface area (Å²) in [5.41, 5.74) is 0. The molecule has 1 saturated carbocycles. The highest BCUT2D eigenvalue weighted by molar-refractivity contribution is 5.79. The number of aliphatic hydroxyl groups is 1. The van der Waals surface area contributed by atoms with Gasteiger partial charge in [-0.2, -0.15) is 0 Å². The summed E-state index contributed by atoms with van der Waals surface area (Å²) in [6.45, 7) is 3.59. The van der Waals surface area contributed by atoms with Gasteiger partial charge in [-0.3, -0.25) is 9.59 Å². The molecule has 7 heteroatoms. The lowest BCUT2D eigenvalue weighted by Crippen LogP contribution is -2.52. The van der Waals surface area contributed by atoms with E-state index in [9.17, 15) is 14.7 Å². The number of hydrogen-bond acceptors (Lipinski definition) is 5. The van der Waals surface area contributed by atoms with E-state index in [0.717, 1.165) is 64.6 Å². The van der Waals surface area contributed by atoms with Gasteiger partial charge in [-0.25, -0.2) is 0 Å². The van der Waals surface area contributed by atoms with Crippen LogP contribution < -0.4 is 10.6 Å². The zero-order valence-electron chi connectivity index (χ0n) is 18.4. The molecule has 172 valence electrons. The first-order valence-corrected chi connectivity index (χ1v) is 12.2. The predicted molar refractivity (Wildman–Crippen MR) is 116 cm³/mol. The molecule has 30 heavy (non-hydrogen) atoms. The molecule has 0 aromatic heterocycles. The number of hydrogen-bond donors (Lipinski definition) is 3. The molecule has 3 rings (SSSR count). The van der Waals surface area contributed by atoms with Crippen LogP contribution in [-0.4, -0.2) is 72.9 Å². The molecule has 2 amide bonds. The summed E-state index contributed by atoms with van der Waals surface area (Å²) in [6.07, 6.45) is 11.9. The molecule has 2 aliphatic heterocycles. The maximum Gasteiger partial charge on any atom is 0.223 e. The van der Waals surface area contributed by atoms with Crippen LogP contribution in [0.1, 0.15) is 77.0 Å². The first kappa shape index (κ1) is 23.5. The molecule has 0 aromatic rings. The van der Waals surface area contributed by atoms with Crippen molar-refractivity contribution in [3.8, 4) is 0 Å². The van der Waals surface area contributed by atoms with Gasteiger partial charge in [0.05, 0.1) is 18.8 Å². The van der Waals surface area contributed by atoms with Crippen LogP contribution >= 0.6 is 0 Å². The van der Waals surface area contributed by atoms with Crippen LogP contribution in [0.5, 0.6) is 0 Å². The average Bonchev–Trinajstić information content (AvgIpc) is 2.79. The van der Waals surface area contributed by atoms with E-state index in [-0.39, 0.29) is 42.6 Å². The molecule has 7 nitrogen and oxygen atoms in total. The number of nitrogens with zero attached hydrogens (tertiary/aromatic N) is 1. The summed E-state index contributed by atoms with van der Waals surface area (Å²) in [5, 5.41) is 15.9. The lowest BCUT2D eigenvalue weighted by atomic mass is 9.88. The fraction of sp³-hybridized carbons (Fsp3) is 0.913. The van der Waals surface area contributed by atoms with Crippen molar-refractivity contribution in [1.29, 1.82) is 0 Å². The number of rotatable bonds is 9. The molecule has 2 saturated heterocycles. The van der Waals surface area contributed by atoms with Crippen LogP contribution in [-0.2, 0) is 14.3 Å². The van der Waals surface area contributed by atoms with E-state index in [0.29, 0.717) is 13.0 Å². The van der Waals surface area contributed by atoms with Crippen LogP contribution in [0.25, 0.3) is 0 Å². The van der Waals surface area contributed by atoms with E-state index in [1.54, 1.807) is 0 Å². The Balaban J connectivity index is 1.31. The Kier molecular flexibility index (Phi) is 9.88. The van der Waals surface area contributed by atoms with Gasteiger partial charge in [0.25, 0.3) is 0 Å². The van der Waals surface area contributed by atoms with Crippen molar-refractivity contribution in [2.45, 2.75) is 95.3 Å². The number of likely N-dealkylation sites (tertiary alicyclic amines) is 1. The number of ether oxygens (including phenoxy) is 1. The SMILES string of the molecule is O=C(CCN1CCCCC1)NCC[C@@H]1CC[C@@H](NC(=O)C2CCCCC2)[C@@H](CO)O1. The van der Waals surface area contributed by atoms with Crippen molar-refractivity contribution < 1.29 is 19.4 Å². The molecule has 0 bridgehead atoms. The first-order chi connectivity index (χ1) is 14.7. The summed E-state index contributed by atoms with van der Waals surface area (Å²) in [7, 11) is 0. The first-order valence-electron chi connectivity index (χ1n) is 12.2. The lowest BCUT2D eigenvalue weighted by Gasteiger charge is -2.37. The highest BCUT2D eigenvalue weighted by Crippen LogP contribution is 2.26. The van der Waals surface area contributed by atoms with E-state index < -0.39 is 0 Å². The third-order valence-corrected chi connectivity index (χ3v) is 6.99. The second-order valence-corrected chi connectivity index (χ2v) is 9.30. The van der Waals surface area contributed by atoms with Crippen molar-refractivity contribution in [1.82, 2.24) is 15.5 Å². The van der Waals surface area contributed by atoms with Crippen LogP contribution in [0.15, 0.2) is 0 Å². The summed E-state index contributed by atoms with van der Waals surface area (Å²) in [5.74, 6) is 0.352. The Hall–Kier alpha value is -1.18. The second kappa shape index (κ2) is 12.6. The van der Waals surface area contributed by atoms with Crippen molar-refractivity contribution in [3.63, 3.8) is 0 Å². The Morgan fingerprint density at radius 1 is 0.967 bits per heavy atom. The number of amides is 2. The number of aliphatic hydroxyl groups excluding tert-OH is 1. The zero-order valence-corrected chi connectivity index (χ0v) is 18.4. The number of piperidine rings is 1. The van der Waals surface area contributed by atoms with Gasteiger partial charge in [-0.1, -0.05) is 25.7 Å². The highest BCUT2D eigenvalue weighted by atomic mass is 16.5. The van der Waals surface area contributed by atoms with Crippen LogP contribution in [0, 0.1) is 5.92 Å². The Labute approximate surface area is 181 Å². The molecule has 0 aromatic carbocycles. The van der Waals surface area contributed by atoms with Gasteiger partial charge in [0, 0.05) is 25.4 Å². The van der Waals surface area contributed by atoms with Crippen molar-refractivity contribution in [2.75, 3.05) is 32.8 Å². The summed E-state index contributed by atoms with van der Waals surface area (Å²) >= 11 is 0. The molecule has 1 aliphatic carbocycles. The number of nitrogens with one attached hydrogen (secondary N) is 2.